The second-order valence-electron chi connectivity index (χ2n) is 7.64. The van der Waals surface area contributed by atoms with Crippen LogP contribution in [0.3, 0.4) is 0 Å². The summed E-state index contributed by atoms with van der Waals surface area (Å²) in [4.78, 5) is 24.6. The number of aromatic nitrogens is 1. The Bertz CT molecular complexity index is 767. The highest BCUT2D eigenvalue weighted by Gasteiger charge is 2.25. The molecule has 24 heavy (non-hydrogen) atoms. The van der Waals surface area contributed by atoms with E-state index in [0.717, 1.165) is 35.7 Å². The van der Waals surface area contributed by atoms with Crippen LogP contribution in [0, 0.1) is 0 Å². The van der Waals surface area contributed by atoms with E-state index in [4.69, 9.17) is 4.74 Å². The topological polar surface area (TPSA) is 48.3 Å². The van der Waals surface area contributed by atoms with Gasteiger partial charge in [0.2, 0.25) is 0 Å². The van der Waals surface area contributed by atoms with Crippen molar-refractivity contribution in [3.05, 3.63) is 36.0 Å². The van der Waals surface area contributed by atoms with Crippen LogP contribution in [-0.2, 0) is 9.53 Å². The summed E-state index contributed by atoms with van der Waals surface area (Å²) in [7, 11) is 0. The number of benzene rings is 1. The van der Waals surface area contributed by atoms with E-state index in [1.165, 1.54) is 0 Å². The molecule has 128 valence electrons. The van der Waals surface area contributed by atoms with Gasteiger partial charge in [0.1, 0.15) is 11.4 Å². The molecule has 1 fully saturated rings. The van der Waals surface area contributed by atoms with Crippen LogP contribution in [0.2, 0.25) is 0 Å². The first kappa shape index (κ1) is 16.7. The normalized spacial score (nSPS) is 19.3. The third-order valence-corrected chi connectivity index (χ3v) is 4.51. The van der Waals surface area contributed by atoms with Gasteiger partial charge in [-0.25, -0.2) is 4.79 Å². The van der Waals surface area contributed by atoms with Gasteiger partial charge in [-0.15, -0.1) is 0 Å². The largest absolute Gasteiger partial charge is 0.443 e. The average molecular weight is 327 g/mol. The third kappa shape index (κ3) is 3.53. The van der Waals surface area contributed by atoms with Gasteiger partial charge in [-0.3, -0.25) is 9.36 Å². The number of rotatable bonds is 1. The number of carbonyl (C=O) groups excluding carboxylic acids is 2. The number of Topliss-reactive ketones (excluding diaryl/α,β-unsaturated/α-hetero) is 1. The van der Waals surface area contributed by atoms with Gasteiger partial charge in [-0.2, -0.15) is 0 Å². The number of ether oxygens (including phenoxy) is 1. The zero-order valence-corrected chi connectivity index (χ0v) is 14.7. The van der Waals surface area contributed by atoms with Crippen LogP contribution < -0.4 is 0 Å². The molecule has 1 aromatic carbocycles. The van der Waals surface area contributed by atoms with Gasteiger partial charge in [0.05, 0.1) is 5.52 Å². The minimum absolute atomic E-state index is 0.189. The summed E-state index contributed by atoms with van der Waals surface area (Å²) in [5.74, 6) is 0.514. The fourth-order valence-corrected chi connectivity index (χ4v) is 3.45. The lowest BCUT2D eigenvalue weighted by Crippen LogP contribution is -2.26. The van der Waals surface area contributed by atoms with E-state index in [1.54, 1.807) is 4.57 Å². The number of ketones is 1. The number of hydrogen-bond donors (Lipinski definition) is 0. The molecule has 0 bridgehead atoms. The molecule has 0 saturated heterocycles. The summed E-state index contributed by atoms with van der Waals surface area (Å²) in [5.41, 5.74) is 1.39. The zero-order chi connectivity index (χ0) is 17.3. The van der Waals surface area contributed by atoms with E-state index in [9.17, 15) is 9.59 Å². The SMILES string of the molecule is CC(C)(C)OC(=O)n1cc(C2CCCCC(=O)C2)c2ccccc21. The Morgan fingerprint density at radius 1 is 1.21 bits per heavy atom. The second-order valence-corrected chi connectivity index (χ2v) is 7.64. The van der Waals surface area contributed by atoms with E-state index < -0.39 is 5.60 Å². The summed E-state index contributed by atoms with van der Waals surface area (Å²) in [5, 5.41) is 1.04. The predicted octanol–water partition coefficient (Wildman–Crippen LogP) is 5.04. The van der Waals surface area contributed by atoms with Gasteiger partial charge in [0.15, 0.2) is 0 Å². The van der Waals surface area contributed by atoms with Crippen molar-refractivity contribution < 1.29 is 14.3 Å². The number of nitrogens with zero attached hydrogens (tertiary/aromatic N) is 1. The molecule has 0 N–H and O–H groups in total. The van der Waals surface area contributed by atoms with Crippen LogP contribution in [0.5, 0.6) is 0 Å². The number of fused-ring (bicyclic) bond motifs is 1. The molecule has 1 aromatic heterocycles. The van der Waals surface area contributed by atoms with E-state index in [1.807, 2.05) is 51.2 Å². The highest BCUT2D eigenvalue weighted by Crippen LogP contribution is 2.35. The maximum Gasteiger partial charge on any atom is 0.419 e. The molecule has 2 aromatic rings. The summed E-state index contributed by atoms with van der Waals surface area (Å²) < 4.78 is 7.12. The first-order valence-corrected chi connectivity index (χ1v) is 8.70. The molecule has 1 saturated carbocycles. The van der Waals surface area contributed by atoms with Gasteiger partial charge >= 0.3 is 6.09 Å². The van der Waals surface area contributed by atoms with Crippen molar-refractivity contribution in [2.45, 2.75) is 64.4 Å². The van der Waals surface area contributed by atoms with Crippen LogP contribution >= 0.6 is 0 Å². The highest BCUT2D eigenvalue weighted by atomic mass is 16.6. The fraction of sp³-hybridized carbons (Fsp3) is 0.500. The van der Waals surface area contributed by atoms with Crippen LogP contribution in [-0.4, -0.2) is 22.0 Å². The quantitative estimate of drug-likeness (QED) is 0.689. The Labute approximate surface area is 142 Å². The third-order valence-electron chi connectivity index (χ3n) is 4.51. The minimum Gasteiger partial charge on any atom is -0.443 e. The molecule has 0 spiro atoms. The monoisotopic (exact) mass is 327 g/mol. The van der Waals surface area contributed by atoms with Crippen molar-refractivity contribution >= 4 is 22.8 Å². The Morgan fingerprint density at radius 3 is 2.71 bits per heavy atom. The molecule has 1 aliphatic carbocycles. The summed E-state index contributed by atoms with van der Waals surface area (Å²) in [6, 6.07) is 7.86. The molecule has 1 aliphatic rings. The van der Waals surface area contributed by atoms with Crippen LogP contribution in [0.15, 0.2) is 30.5 Å². The maximum atomic E-state index is 12.6. The van der Waals surface area contributed by atoms with Crippen molar-refractivity contribution in [1.82, 2.24) is 4.57 Å². The van der Waals surface area contributed by atoms with Gasteiger partial charge in [0, 0.05) is 24.4 Å². The Balaban J connectivity index is 2.03. The van der Waals surface area contributed by atoms with E-state index in [0.29, 0.717) is 18.6 Å². The Kier molecular flexibility index (Phi) is 4.48. The molecule has 3 rings (SSSR count). The zero-order valence-electron chi connectivity index (χ0n) is 14.7. The summed E-state index contributed by atoms with van der Waals surface area (Å²) in [6.45, 7) is 5.59. The number of carbonyl (C=O) groups is 2. The molecule has 0 aliphatic heterocycles. The molecule has 1 atom stereocenters. The number of para-hydroxylation sites is 1. The number of hydrogen-bond acceptors (Lipinski definition) is 3. The highest BCUT2D eigenvalue weighted by molar-refractivity contribution is 5.93. The maximum absolute atomic E-state index is 12.6. The lowest BCUT2D eigenvalue weighted by molar-refractivity contribution is -0.119. The van der Waals surface area contributed by atoms with Crippen LogP contribution in [0.1, 0.15) is 64.4 Å². The van der Waals surface area contributed by atoms with Gasteiger partial charge in [0.25, 0.3) is 0 Å². The van der Waals surface area contributed by atoms with Gasteiger partial charge < -0.3 is 4.74 Å². The van der Waals surface area contributed by atoms with E-state index >= 15 is 0 Å². The molecular formula is C20H25NO3. The fourth-order valence-electron chi connectivity index (χ4n) is 3.45. The van der Waals surface area contributed by atoms with E-state index in [-0.39, 0.29) is 12.0 Å². The standard InChI is InChI=1S/C20H25NO3/c1-20(2,3)24-19(23)21-13-17(16-10-6-7-11-18(16)21)14-8-4-5-9-15(22)12-14/h6-7,10-11,13-14H,4-5,8-9,12H2,1-3H3. The Hall–Kier alpha value is -2.10. The molecular weight excluding hydrogens is 302 g/mol. The van der Waals surface area contributed by atoms with Crippen LogP contribution in [0.4, 0.5) is 4.79 Å². The molecule has 1 heterocycles. The Morgan fingerprint density at radius 2 is 1.96 bits per heavy atom. The smallest absolute Gasteiger partial charge is 0.419 e. The van der Waals surface area contributed by atoms with Crippen molar-refractivity contribution in [3.63, 3.8) is 0 Å². The molecule has 1 unspecified atom stereocenters. The second kappa shape index (κ2) is 6.42. The molecule has 4 heteroatoms. The molecule has 0 amide bonds. The van der Waals surface area contributed by atoms with Gasteiger partial charge in [-0.1, -0.05) is 24.6 Å². The van der Waals surface area contributed by atoms with Gasteiger partial charge in [-0.05, 0) is 51.2 Å². The van der Waals surface area contributed by atoms with Crippen LogP contribution in [0.25, 0.3) is 10.9 Å². The molecule has 4 nitrogen and oxygen atoms in total. The van der Waals surface area contributed by atoms with Crippen molar-refractivity contribution in [2.75, 3.05) is 0 Å². The van der Waals surface area contributed by atoms with E-state index in [2.05, 4.69) is 0 Å². The summed E-state index contributed by atoms with van der Waals surface area (Å²) in [6.07, 6.45) is 5.78. The van der Waals surface area contributed by atoms with Crippen molar-refractivity contribution in [1.29, 1.82) is 0 Å². The average Bonchev–Trinajstić information content (AvgIpc) is 2.75. The van der Waals surface area contributed by atoms with Crippen molar-refractivity contribution in [2.24, 2.45) is 0 Å². The first-order chi connectivity index (χ1) is 11.3. The lowest BCUT2D eigenvalue weighted by Gasteiger charge is -2.19. The predicted molar refractivity (Wildman–Crippen MR) is 94.4 cm³/mol. The first-order valence-electron chi connectivity index (χ1n) is 8.70. The lowest BCUT2D eigenvalue weighted by atomic mass is 9.91. The molecule has 0 radical (unpaired) electrons. The summed E-state index contributed by atoms with van der Waals surface area (Å²) >= 11 is 0. The van der Waals surface area contributed by atoms with Crippen molar-refractivity contribution in [3.8, 4) is 0 Å². The minimum atomic E-state index is -0.541.